The highest BCUT2D eigenvalue weighted by Crippen LogP contribution is 2.11. The van der Waals surface area contributed by atoms with Crippen LogP contribution in [-0.2, 0) is 0 Å². The van der Waals surface area contributed by atoms with E-state index in [1.165, 1.54) is 6.07 Å². The van der Waals surface area contributed by atoms with Crippen molar-refractivity contribution in [1.82, 2.24) is 0 Å². The molecule has 0 amide bonds. The SMILES string of the molecule is Cc1ccc(NO)cc1F. The molecule has 0 fully saturated rings. The van der Waals surface area contributed by atoms with Crippen LogP contribution >= 0.6 is 0 Å². The van der Waals surface area contributed by atoms with E-state index in [0.29, 0.717) is 11.3 Å². The van der Waals surface area contributed by atoms with Crippen molar-refractivity contribution in [1.29, 1.82) is 0 Å². The molecule has 0 heterocycles. The van der Waals surface area contributed by atoms with Gasteiger partial charge in [0.1, 0.15) is 5.82 Å². The lowest BCUT2D eigenvalue weighted by molar-refractivity contribution is 0.388. The molecule has 3 heteroatoms. The Bertz CT molecular complexity index is 237. The fourth-order valence-electron chi connectivity index (χ4n) is 0.662. The molecule has 10 heavy (non-hydrogen) atoms. The number of halogens is 1. The predicted octanol–water partition coefficient (Wildman–Crippen LogP) is 1.94. The van der Waals surface area contributed by atoms with Crippen molar-refractivity contribution in [2.24, 2.45) is 0 Å². The molecule has 1 aromatic rings. The third-order valence-corrected chi connectivity index (χ3v) is 1.30. The van der Waals surface area contributed by atoms with Gasteiger partial charge in [0.05, 0.1) is 5.69 Å². The van der Waals surface area contributed by atoms with E-state index in [1.54, 1.807) is 19.1 Å². The van der Waals surface area contributed by atoms with E-state index >= 15 is 0 Å². The molecule has 54 valence electrons. The summed E-state index contributed by atoms with van der Waals surface area (Å²) in [4.78, 5) is 0. The lowest BCUT2D eigenvalue weighted by Crippen LogP contribution is -1.90. The summed E-state index contributed by atoms with van der Waals surface area (Å²) in [6, 6.07) is 4.42. The van der Waals surface area contributed by atoms with Crippen LogP contribution in [0.25, 0.3) is 0 Å². The minimum atomic E-state index is -0.320. The first kappa shape index (κ1) is 7.02. The summed E-state index contributed by atoms with van der Waals surface area (Å²) >= 11 is 0. The molecule has 0 saturated heterocycles. The van der Waals surface area contributed by atoms with Crippen molar-refractivity contribution in [2.75, 3.05) is 5.48 Å². The van der Waals surface area contributed by atoms with Crippen LogP contribution in [0, 0.1) is 12.7 Å². The molecule has 1 aromatic carbocycles. The van der Waals surface area contributed by atoms with E-state index in [4.69, 9.17) is 5.21 Å². The first-order valence-electron chi connectivity index (χ1n) is 2.90. The van der Waals surface area contributed by atoms with E-state index < -0.39 is 0 Å². The van der Waals surface area contributed by atoms with Gasteiger partial charge in [-0.15, -0.1) is 0 Å². The van der Waals surface area contributed by atoms with E-state index in [0.717, 1.165) is 0 Å². The molecular formula is C7H8FNO. The van der Waals surface area contributed by atoms with Gasteiger partial charge in [0.25, 0.3) is 0 Å². The van der Waals surface area contributed by atoms with E-state index in [1.807, 2.05) is 5.48 Å². The van der Waals surface area contributed by atoms with E-state index in [2.05, 4.69) is 0 Å². The smallest absolute Gasteiger partial charge is 0.128 e. The molecule has 0 spiro atoms. The summed E-state index contributed by atoms with van der Waals surface area (Å²) in [7, 11) is 0. The molecule has 0 radical (unpaired) electrons. The van der Waals surface area contributed by atoms with Crippen molar-refractivity contribution in [3.8, 4) is 0 Å². The minimum Gasteiger partial charge on any atom is -0.291 e. The first-order chi connectivity index (χ1) is 4.74. The van der Waals surface area contributed by atoms with Gasteiger partial charge in [0, 0.05) is 0 Å². The van der Waals surface area contributed by atoms with Gasteiger partial charge in [-0.3, -0.25) is 10.7 Å². The van der Waals surface area contributed by atoms with E-state index in [9.17, 15) is 4.39 Å². The van der Waals surface area contributed by atoms with Gasteiger partial charge in [-0.2, -0.15) is 0 Å². The molecule has 0 saturated carbocycles. The Kier molecular flexibility index (Phi) is 1.87. The zero-order valence-electron chi connectivity index (χ0n) is 5.56. The molecule has 2 nitrogen and oxygen atoms in total. The molecule has 0 aromatic heterocycles. The summed E-state index contributed by atoms with van der Waals surface area (Å²) in [6.45, 7) is 1.66. The highest BCUT2D eigenvalue weighted by atomic mass is 19.1. The molecular weight excluding hydrogens is 133 g/mol. The molecule has 0 atom stereocenters. The largest absolute Gasteiger partial charge is 0.291 e. The monoisotopic (exact) mass is 141 g/mol. The van der Waals surface area contributed by atoms with Crippen molar-refractivity contribution < 1.29 is 9.60 Å². The van der Waals surface area contributed by atoms with Gasteiger partial charge in [0.15, 0.2) is 0 Å². The van der Waals surface area contributed by atoms with Crippen LogP contribution in [0.2, 0.25) is 0 Å². The van der Waals surface area contributed by atoms with Crippen LogP contribution in [-0.4, -0.2) is 5.21 Å². The number of benzene rings is 1. The number of hydrogen-bond acceptors (Lipinski definition) is 2. The number of anilines is 1. The lowest BCUT2D eigenvalue weighted by Gasteiger charge is -1.99. The van der Waals surface area contributed by atoms with Gasteiger partial charge >= 0.3 is 0 Å². The maximum Gasteiger partial charge on any atom is 0.128 e. The van der Waals surface area contributed by atoms with Crippen LogP contribution in [0.3, 0.4) is 0 Å². The second-order valence-corrected chi connectivity index (χ2v) is 2.08. The Balaban J connectivity index is 3.04. The predicted molar refractivity (Wildman–Crippen MR) is 36.5 cm³/mol. The molecule has 0 aliphatic heterocycles. The van der Waals surface area contributed by atoms with Crippen molar-refractivity contribution in [3.05, 3.63) is 29.6 Å². The normalized spacial score (nSPS) is 9.50. The average molecular weight is 141 g/mol. The topological polar surface area (TPSA) is 32.3 Å². The van der Waals surface area contributed by atoms with Gasteiger partial charge in [-0.25, -0.2) is 4.39 Å². The van der Waals surface area contributed by atoms with Gasteiger partial charge in [0.2, 0.25) is 0 Å². The van der Waals surface area contributed by atoms with Crippen molar-refractivity contribution in [3.63, 3.8) is 0 Å². The molecule has 0 aliphatic rings. The highest BCUT2D eigenvalue weighted by Gasteiger charge is 1.96. The van der Waals surface area contributed by atoms with Gasteiger partial charge in [-0.05, 0) is 24.6 Å². The maximum absolute atomic E-state index is 12.6. The first-order valence-corrected chi connectivity index (χ1v) is 2.90. The lowest BCUT2D eigenvalue weighted by atomic mass is 10.2. The van der Waals surface area contributed by atoms with Crippen LogP contribution in [0.5, 0.6) is 0 Å². The van der Waals surface area contributed by atoms with Crippen LogP contribution in [0.1, 0.15) is 5.56 Å². The highest BCUT2D eigenvalue weighted by molar-refractivity contribution is 5.42. The molecule has 2 N–H and O–H groups in total. The zero-order chi connectivity index (χ0) is 7.56. The zero-order valence-corrected chi connectivity index (χ0v) is 5.56. The summed E-state index contributed by atoms with van der Waals surface area (Å²) in [5.74, 6) is -0.320. The fourth-order valence-corrected chi connectivity index (χ4v) is 0.662. The van der Waals surface area contributed by atoms with Crippen molar-refractivity contribution >= 4 is 5.69 Å². The number of nitrogens with one attached hydrogen (secondary N) is 1. The van der Waals surface area contributed by atoms with E-state index in [-0.39, 0.29) is 5.82 Å². The van der Waals surface area contributed by atoms with Crippen LogP contribution < -0.4 is 5.48 Å². The number of aryl methyl sites for hydroxylation is 1. The van der Waals surface area contributed by atoms with Gasteiger partial charge < -0.3 is 0 Å². The molecule has 1 rings (SSSR count). The Morgan fingerprint density at radius 2 is 2.20 bits per heavy atom. The fraction of sp³-hybridized carbons (Fsp3) is 0.143. The summed E-state index contributed by atoms with van der Waals surface area (Å²) < 4.78 is 12.6. The standard InChI is InChI=1S/C7H8FNO/c1-5-2-3-6(9-10)4-7(5)8/h2-4,9-10H,1H3. The second kappa shape index (κ2) is 2.66. The average Bonchev–Trinajstić information content (AvgIpc) is 1.95. The number of hydrogen-bond donors (Lipinski definition) is 2. The number of rotatable bonds is 1. The summed E-state index contributed by atoms with van der Waals surface area (Å²) in [5.41, 5.74) is 2.79. The Hall–Kier alpha value is -1.09. The van der Waals surface area contributed by atoms with Gasteiger partial charge in [-0.1, -0.05) is 6.07 Å². The maximum atomic E-state index is 12.6. The van der Waals surface area contributed by atoms with Crippen molar-refractivity contribution in [2.45, 2.75) is 6.92 Å². The molecule has 0 bridgehead atoms. The quantitative estimate of drug-likeness (QED) is 0.586. The minimum absolute atomic E-state index is 0.320. The second-order valence-electron chi connectivity index (χ2n) is 2.08. The molecule has 0 unspecified atom stereocenters. The third-order valence-electron chi connectivity index (χ3n) is 1.30. The Morgan fingerprint density at radius 1 is 1.50 bits per heavy atom. The summed E-state index contributed by atoms with van der Waals surface area (Å²) in [6.07, 6.45) is 0. The Labute approximate surface area is 58.3 Å². The van der Waals surface area contributed by atoms with Crippen LogP contribution in [0.15, 0.2) is 18.2 Å². The van der Waals surface area contributed by atoms with Crippen LogP contribution in [0.4, 0.5) is 10.1 Å². The third kappa shape index (κ3) is 1.25. The molecule has 0 aliphatic carbocycles. The Morgan fingerprint density at radius 3 is 2.70 bits per heavy atom. The summed E-state index contributed by atoms with van der Waals surface area (Å²) in [5, 5.41) is 8.34.